The predicted molar refractivity (Wildman–Crippen MR) is 69.6 cm³/mol. The van der Waals surface area contributed by atoms with Crippen LogP contribution in [0.1, 0.15) is 39.5 Å². The average Bonchev–Trinajstić information content (AvgIpc) is 2.61. The third-order valence-electron chi connectivity index (χ3n) is 2.54. The minimum absolute atomic E-state index is 0.940. The van der Waals surface area contributed by atoms with Crippen LogP contribution >= 0.6 is 0 Å². The molecule has 0 saturated heterocycles. The first-order valence-electron chi connectivity index (χ1n) is 5.79. The summed E-state index contributed by atoms with van der Waals surface area (Å²) in [6.07, 6.45) is 9.45. The van der Waals surface area contributed by atoms with E-state index in [4.69, 9.17) is 5.21 Å². The predicted octanol–water partition coefficient (Wildman–Crippen LogP) is 3.05. The van der Waals surface area contributed by atoms with E-state index in [2.05, 4.69) is 38.3 Å². The van der Waals surface area contributed by atoms with Crippen molar-refractivity contribution in [2.24, 2.45) is 5.73 Å². The zero-order valence-corrected chi connectivity index (χ0v) is 10.6. The number of carbonyl (C=O) groups excluding carboxylic acids is 1. The molecule has 0 saturated carbocycles. The molecular formula is C13H22N2O2. The second-order valence-corrected chi connectivity index (χ2v) is 3.95. The summed E-state index contributed by atoms with van der Waals surface area (Å²) in [5.41, 5.74) is 9.57. The Morgan fingerprint density at radius 2 is 2.06 bits per heavy atom. The molecule has 96 valence electrons. The number of amides is 2. The lowest BCUT2D eigenvalue weighted by molar-refractivity contribution is 0.169. The number of primary amides is 1. The lowest BCUT2D eigenvalue weighted by Gasteiger charge is -2.04. The lowest BCUT2D eigenvalue weighted by Crippen LogP contribution is -2.25. The van der Waals surface area contributed by atoms with Gasteiger partial charge in [-0.2, -0.15) is 0 Å². The number of hydrogen-bond acceptors (Lipinski definition) is 2. The molecule has 0 fully saturated rings. The van der Waals surface area contributed by atoms with Crippen molar-refractivity contribution in [2.75, 3.05) is 0 Å². The molecule has 4 nitrogen and oxygen atoms in total. The van der Waals surface area contributed by atoms with Gasteiger partial charge in [0.2, 0.25) is 0 Å². The summed E-state index contributed by atoms with van der Waals surface area (Å²) in [5, 5.41) is 7.42. The molecular weight excluding hydrogens is 216 g/mol. The first-order chi connectivity index (χ1) is 8.02. The minimum atomic E-state index is -0.940. The summed E-state index contributed by atoms with van der Waals surface area (Å²) in [5.74, 6) is 0. The van der Waals surface area contributed by atoms with Crippen molar-refractivity contribution in [3.05, 3.63) is 35.5 Å². The van der Waals surface area contributed by atoms with Crippen LogP contribution in [0.5, 0.6) is 0 Å². The zero-order chi connectivity index (χ0) is 13.3. The maximum atomic E-state index is 9.23. The van der Waals surface area contributed by atoms with Crippen LogP contribution in [0.3, 0.4) is 0 Å². The van der Waals surface area contributed by atoms with E-state index in [1.54, 1.807) is 0 Å². The van der Waals surface area contributed by atoms with Gasteiger partial charge >= 0.3 is 6.03 Å². The lowest BCUT2D eigenvalue weighted by atomic mass is 10.0. The van der Waals surface area contributed by atoms with Gasteiger partial charge in [0.05, 0.1) is 0 Å². The molecule has 1 aliphatic carbocycles. The molecule has 0 aromatic heterocycles. The van der Waals surface area contributed by atoms with Crippen molar-refractivity contribution in [1.82, 2.24) is 5.48 Å². The highest BCUT2D eigenvalue weighted by Gasteiger charge is 2.07. The van der Waals surface area contributed by atoms with Gasteiger partial charge in [0.1, 0.15) is 0 Å². The van der Waals surface area contributed by atoms with Gasteiger partial charge < -0.3 is 5.73 Å². The van der Waals surface area contributed by atoms with Crippen molar-refractivity contribution in [1.29, 1.82) is 0 Å². The smallest absolute Gasteiger partial charge is 0.335 e. The Hall–Kier alpha value is -1.55. The monoisotopic (exact) mass is 238 g/mol. The Balaban J connectivity index is 0.000000437. The quantitative estimate of drug-likeness (QED) is 0.400. The molecule has 17 heavy (non-hydrogen) atoms. The van der Waals surface area contributed by atoms with Gasteiger partial charge in [0.15, 0.2) is 0 Å². The van der Waals surface area contributed by atoms with Crippen LogP contribution in [0.25, 0.3) is 0 Å². The van der Waals surface area contributed by atoms with E-state index >= 15 is 0 Å². The molecule has 0 heterocycles. The number of nitrogens with two attached hydrogens (primary N) is 1. The molecule has 4 N–H and O–H groups in total. The number of urea groups is 1. The summed E-state index contributed by atoms with van der Waals surface area (Å²) in [7, 11) is 0. The number of unbranched alkanes of at least 4 members (excludes halogenated alkanes) is 2. The molecule has 0 atom stereocenters. The average molecular weight is 238 g/mol. The highest BCUT2D eigenvalue weighted by Crippen LogP contribution is 2.27. The second kappa shape index (κ2) is 8.58. The molecule has 0 bridgehead atoms. The number of nitrogens with one attached hydrogen (secondary N) is 1. The topological polar surface area (TPSA) is 75.4 Å². The largest absolute Gasteiger partial charge is 0.350 e. The molecule has 1 aliphatic rings. The number of allylic oxidation sites excluding steroid dienone is 5. The van der Waals surface area contributed by atoms with E-state index in [1.165, 1.54) is 47.9 Å². The molecule has 0 aromatic carbocycles. The standard InChI is InChI=1S/C12H18.CH4N2O2/c1-4-5-6-7-12-10(2)8-9-11(12)3;2-1(4)3-5/h8-9H,2,4-7H2,1,3H3;5H,(H3,2,3,4). The number of hydrogen-bond donors (Lipinski definition) is 3. The first-order valence-corrected chi connectivity index (χ1v) is 5.79. The third-order valence-corrected chi connectivity index (χ3v) is 2.54. The molecule has 0 spiro atoms. The number of rotatable bonds is 4. The van der Waals surface area contributed by atoms with Crippen molar-refractivity contribution in [3.8, 4) is 0 Å². The summed E-state index contributed by atoms with van der Waals surface area (Å²) >= 11 is 0. The van der Waals surface area contributed by atoms with Crippen LogP contribution in [0.4, 0.5) is 4.79 Å². The minimum Gasteiger partial charge on any atom is -0.350 e. The fourth-order valence-electron chi connectivity index (χ4n) is 1.59. The van der Waals surface area contributed by atoms with Gasteiger partial charge in [0.25, 0.3) is 0 Å². The molecule has 0 aromatic rings. The Kier molecular flexibility index (Phi) is 7.80. The Morgan fingerprint density at radius 1 is 1.47 bits per heavy atom. The molecule has 0 unspecified atom stereocenters. The Bertz CT molecular complexity index is 330. The van der Waals surface area contributed by atoms with Crippen LogP contribution in [0.15, 0.2) is 35.5 Å². The summed E-state index contributed by atoms with van der Waals surface area (Å²) < 4.78 is 0. The van der Waals surface area contributed by atoms with Crippen molar-refractivity contribution in [3.63, 3.8) is 0 Å². The summed E-state index contributed by atoms with van der Waals surface area (Å²) in [6, 6.07) is -0.940. The third kappa shape index (κ3) is 6.58. The van der Waals surface area contributed by atoms with Crippen molar-refractivity contribution in [2.45, 2.75) is 39.5 Å². The fourth-order valence-corrected chi connectivity index (χ4v) is 1.59. The van der Waals surface area contributed by atoms with Gasteiger partial charge in [-0.1, -0.05) is 38.5 Å². The van der Waals surface area contributed by atoms with E-state index in [0.717, 1.165) is 0 Å². The van der Waals surface area contributed by atoms with Crippen LogP contribution < -0.4 is 11.2 Å². The summed E-state index contributed by atoms with van der Waals surface area (Å²) in [6.45, 7) is 8.44. The molecule has 0 aliphatic heterocycles. The molecule has 2 amide bonds. The first kappa shape index (κ1) is 15.4. The van der Waals surface area contributed by atoms with E-state index < -0.39 is 6.03 Å². The van der Waals surface area contributed by atoms with Gasteiger partial charge in [-0.25, -0.2) is 10.3 Å². The normalized spacial score (nSPS) is 13.5. The zero-order valence-electron chi connectivity index (χ0n) is 10.6. The van der Waals surface area contributed by atoms with Gasteiger partial charge in [-0.3, -0.25) is 5.21 Å². The van der Waals surface area contributed by atoms with Crippen molar-refractivity contribution < 1.29 is 10.0 Å². The highest BCUT2D eigenvalue weighted by atomic mass is 16.5. The van der Waals surface area contributed by atoms with Crippen LogP contribution in [-0.4, -0.2) is 11.2 Å². The molecule has 4 heteroatoms. The summed E-state index contributed by atoms with van der Waals surface area (Å²) in [4.78, 5) is 9.23. The van der Waals surface area contributed by atoms with Crippen molar-refractivity contribution >= 4 is 6.03 Å². The highest BCUT2D eigenvalue weighted by molar-refractivity contribution is 5.69. The van der Waals surface area contributed by atoms with Crippen LogP contribution in [0, 0.1) is 0 Å². The SMILES string of the molecule is C=C1C=CC(C)=C1CCCCC.NC(=O)NO. The number of carbonyl (C=O) groups is 1. The Labute approximate surface area is 103 Å². The van der Waals surface area contributed by atoms with E-state index in [-0.39, 0.29) is 0 Å². The van der Waals surface area contributed by atoms with Gasteiger partial charge in [-0.05, 0) is 36.5 Å². The van der Waals surface area contributed by atoms with E-state index in [0.29, 0.717) is 0 Å². The molecule has 1 rings (SSSR count). The molecule has 0 radical (unpaired) electrons. The van der Waals surface area contributed by atoms with Crippen LogP contribution in [0.2, 0.25) is 0 Å². The Morgan fingerprint density at radius 3 is 2.41 bits per heavy atom. The second-order valence-electron chi connectivity index (χ2n) is 3.95. The maximum Gasteiger partial charge on any atom is 0.335 e. The van der Waals surface area contributed by atoms with E-state index in [1.807, 2.05) is 0 Å². The maximum absolute atomic E-state index is 9.23. The fraction of sp³-hybridized carbons (Fsp3) is 0.462. The number of hydroxylamine groups is 1. The van der Waals surface area contributed by atoms with Gasteiger partial charge in [0, 0.05) is 0 Å². The van der Waals surface area contributed by atoms with Crippen LogP contribution in [-0.2, 0) is 0 Å². The van der Waals surface area contributed by atoms with Gasteiger partial charge in [-0.15, -0.1) is 0 Å². The van der Waals surface area contributed by atoms with E-state index in [9.17, 15) is 4.79 Å².